The first-order valence-electron chi connectivity index (χ1n) is 21.0. The molecule has 0 aromatic heterocycles. The van der Waals surface area contributed by atoms with Gasteiger partial charge in [-0.2, -0.15) is 0 Å². The number of hydrogen-bond acceptors (Lipinski definition) is 11. The third-order valence-corrected chi connectivity index (χ3v) is 14.0. The molecule has 322 valence electrons. The van der Waals surface area contributed by atoms with E-state index >= 15 is 0 Å². The lowest BCUT2D eigenvalue weighted by molar-refractivity contribution is -0.0267. The van der Waals surface area contributed by atoms with Crippen molar-refractivity contribution in [2.24, 2.45) is 0 Å². The van der Waals surface area contributed by atoms with Gasteiger partial charge in [-0.05, 0) is 21.8 Å². The number of hydrogen-bond donors (Lipinski definition) is 0. The third kappa shape index (κ3) is 24.2. The second-order valence-corrected chi connectivity index (χ2v) is 18.7. The molecule has 2 rings (SSSR count). The summed E-state index contributed by atoms with van der Waals surface area (Å²) in [5.74, 6) is 0. The van der Waals surface area contributed by atoms with E-state index in [0.717, 1.165) is 13.0 Å². The van der Waals surface area contributed by atoms with Gasteiger partial charge in [0.15, 0.2) is 0 Å². The van der Waals surface area contributed by atoms with Gasteiger partial charge in [0.25, 0.3) is 8.32 Å². The second kappa shape index (κ2) is 35.2. The summed E-state index contributed by atoms with van der Waals surface area (Å²) >= 11 is 0. The largest absolute Gasteiger partial charge is 0.405 e. The molecule has 0 fully saturated rings. The lowest BCUT2D eigenvalue weighted by atomic mass is 10.1. The first-order chi connectivity index (χ1) is 27.5. The molecule has 11 nitrogen and oxygen atoms in total. The van der Waals surface area contributed by atoms with Crippen LogP contribution in [0.25, 0.3) is 0 Å². The SMILES string of the molecule is CCCCCCCCOCCOCCOCCOCCOCCOCCOCCOCCOCCOCCO[Si](c1ccccc1)(c1ccccc1)C(C)(C)C. The quantitative estimate of drug-likeness (QED) is 0.0578. The Morgan fingerprint density at radius 1 is 0.339 bits per heavy atom. The van der Waals surface area contributed by atoms with Crippen LogP contribution in [0.15, 0.2) is 60.7 Å². The summed E-state index contributed by atoms with van der Waals surface area (Å²) < 4.78 is 62.8. The van der Waals surface area contributed by atoms with Crippen molar-refractivity contribution in [2.75, 3.05) is 139 Å². The fourth-order valence-electron chi connectivity index (χ4n) is 6.08. The molecule has 0 saturated carbocycles. The fourth-order valence-corrected chi connectivity index (χ4v) is 10.6. The van der Waals surface area contributed by atoms with Gasteiger partial charge in [0.2, 0.25) is 0 Å². The topological polar surface area (TPSA) is 102 Å². The molecule has 0 unspecified atom stereocenters. The average Bonchev–Trinajstić information content (AvgIpc) is 3.20. The van der Waals surface area contributed by atoms with Crippen LogP contribution in [0.3, 0.4) is 0 Å². The van der Waals surface area contributed by atoms with E-state index in [4.69, 9.17) is 51.8 Å². The van der Waals surface area contributed by atoms with Crippen LogP contribution in [0.1, 0.15) is 66.2 Å². The molecule has 2 aromatic carbocycles. The highest BCUT2D eigenvalue weighted by Crippen LogP contribution is 2.36. The molecule has 0 aliphatic heterocycles. The number of rotatable bonds is 40. The summed E-state index contributed by atoms with van der Waals surface area (Å²) in [5.41, 5.74) is 0. The Morgan fingerprint density at radius 3 is 0.911 bits per heavy atom. The van der Waals surface area contributed by atoms with E-state index < -0.39 is 8.32 Å². The molecule has 12 heteroatoms. The van der Waals surface area contributed by atoms with Gasteiger partial charge in [0.05, 0.1) is 132 Å². The van der Waals surface area contributed by atoms with Gasteiger partial charge in [-0.25, -0.2) is 0 Å². The van der Waals surface area contributed by atoms with Crippen molar-refractivity contribution in [3.05, 3.63) is 60.7 Å². The van der Waals surface area contributed by atoms with Crippen LogP contribution in [0, 0.1) is 0 Å². The summed E-state index contributed by atoms with van der Waals surface area (Å²) in [4.78, 5) is 0. The zero-order valence-electron chi connectivity index (χ0n) is 35.4. The molecule has 0 aliphatic rings. The molecule has 0 heterocycles. The van der Waals surface area contributed by atoms with Crippen LogP contribution in [-0.2, 0) is 51.8 Å². The van der Waals surface area contributed by atoms with Crippen LogP contribution in [0.4, 0.5) is 0 Å². The van der Waals surface area contributed by atoms with Crippen molar-refractivity contribution in [2.45, 2.75) is 71.3 Å². The maximum atomic E-state index is 6.85. The summed E-state index contributed by atoms with van der Waals surface area (Å²) in [5, 5.41) is 2.48. The Balaban J connectivity index is 1.28. The number of ether oxygens (including phenoxy) is 10. The van der Waals surface area contributed by atoms with Crippen LogP contribution in [0.5, 0.6) is 0 Å². The molecule has 0 N–H and O–H groups in total. The zero-order chi connectivity index (χ0) is 40.1. The van der Waals surface area contributed by atoms with E-state index in [1.54, 1.807) is 0 Å². The predicted octanol–water partition coefficient (Wildman–Crippen LogP) is 6.09. The Morgan fingerprint density at radius 2 is 0.607 bits per heavy atom. The molecule has 56 heavy (non-hydrogen) atoms. The van der Waals surface area contributed by atoms with Crippen molar-refractivity contribution >= 4 is 18.7 Å². The number of benzene rings is 2. The van der Waals surface area contributed by atoms with Gasteiger partial charge >= 0.3 is 0 Å². The molecule has 0 spiro atoms. The van der Waals surface area contributed by atoms with Gasteiger partial charge in [-0.1, -0.05) is 120 Å². The van der Waals surface area contributed by atoms with E-state index in [2.05, 4.69) is 88.4 Å². The van der Waals surface area contributed by atoms with E-state index in [1.165, 1.54) is 42.5 Å². The summed E-state index contributed by atoms with van der Waals surface area (Å²) in [7, 11) is -2.54. The van der Waals surface area contributed by atoms with Gasteiger partial charge in [-0.3, -0.25) is 0 Å². The van der Waals surface area contributed by atoms with Crippen molar-refractivity contribution in [3.8, 4) is 0 Å². The van der Waals surface area contributed by atoms with Crippen LogP contribution < -0.4 is 10.4 Å². The lowest BCUT2D eigenvalue weighted by Crippen LogP contribution is -2.66. The highest BCUT2D eigenvalue weighted by atomic mass is 28.4. The highest BCUT2D eigenvalue weighted by Gasteiger charge is 2.50. The molecule has 0 saturated heterocycles. The van der Waals surface area contributed by atoms with Crippen molar-refractivity contribution in [1.29, 1.82) is 0 Å². The van der Waals surface area contributed by atoms with E-state index in [0.29, 0.717) is 132 Å². The Hall–Kier alpha value is -1.78. The minimum Gasteiger partial charge on any atom is -0.405 e. The molecule has 2 aromatic rings. The zero-order valence-corrected chi connectivity index (χ0v) is 36.4. The molecule has 0 atom stereocenters. The van der Waals surface area contributed by atoms with E-state index in [9.17, 15) is 0 Å². The lowest BCUT2D eigenvalue weighted by Gasteiger charge is -2.43. The van der Waals surface area contributed by atoms with E-state index in [1.807, 2.05) is 0 Å². The summed E-state index contributed by atoms with van der Waals surface area (Å²) in [6, 6.07) is 21.3. The van der Waals surface area contributed by atoms with Gasteiger partial charge in [0.1, 0.15) is 0 Å². The maximum Gasteiger partial charge on any atom is 0.261 e. The standard InChI is InChI=1S/C44H76O11Si/c1-5-6-7-8-9-16-21-45-22-23-46-24-25-47-26-27-48-28-29-49-30-31-50-32-33-51-34-35-52-36-37-53-38-39-54-40-41-55-56(44(2,3)4,42-17-12-10-13-18-42)43-19-14-11-15-20-43/h10-15,17-20H,5-9,16,21-41H2,1-4H3. The molecule has 0 radical (unpaired) electrons. The molecule has 0 amide bonds. The Kier molecular flexibility index (Phi) is 31.6. The first-order valence-corrected chi connectivity index (χ1v) is 23.0. The van der Waals surface area contributed by atoms with Crippen molar-refractivity contribution in [1.82, 2.24) is 0 Å². The normalized spacial score (nSPS) is 12.1. The monoisotopic (exact) mass is 809 g/mol. The van der Waals surface area contributed by atoms with Crippen molar-refractivity contribution < 1.29 is 51.8 Å². The van der Waals surface area contributed by atoms with E-state index in [-0.39, 0.29) is 5.04 Å². The highest BCUT2D eigenvalue weighted by molar-refractivity contribution is 6.99. The van der Waals surface area contributed by atoms with Gasteiger partial charge in [-0.15, -0.1) is 0 Å². The summed E-state index contributed by atoms with van der Waals surface area (Å²) in [6.07, 6.45) is 7.68. The average molecular weight is 809 g/mol. The fraction of sp³-hybridized carbons (Fsp3) is 0.727. The number of unbranched alkanes of at least 4 members (excludes halogenated alkanes) is 5. The smallest absolute Gasteiger partial charge is 0.261 e. The van der Waals surface area contributed by atoms with Gasteiger partial charge in [0, 0.05) is 6.61 Å². The van der Waals surface area contributed by atoms with Crippen LogP contribution >= 0.6 is 0 Å². The summed E-state index contributed by atoms with van der Waals surface area (Å²) in [6.45, 7) is 20.6. The maximum absolute atomic E-state index is 6.85. The third-order valence-electron chi connectivity index (χ3n) is 8.95. The minimum absolute atomic E-state index is 0.0546. The molecule has 0 bridgehead atoms. The van der Waals surface area contributed by atoms with Gasteiger partial charge < -0.3 is 51.8 Å². The Bertz CT molecular complexity index is 1070. The van der Waals surface area contributed by atoms with Crippen molar-refractivity contribution in [3.63, 3.8) is 0 Å². The van der Waals surface area contributed by atoms with Crippen LogP contribution in [-0.4, -0.2) is 147 Å². The molecule has 0 aliphatic carbocycles. The molecular formula is C44H76O11Si. The minimum atomic E-state index is -2.54. The second-order valence-electron chi connectivity index (χ2n) is 14.4. The Labute approximate surface area is 340 Å². The predicted molar refractivity (Wildman–Crippen MR) is 225 cm³/mol. The first kappa shape index (κ1) is 50.4. The van der Waals surface area contributed by atoms with Crippen LogP contribution in [0.2, 0.25) is 5.04 Å². The molecular weight excluding hydrogens is 733 g/mol.